The zero-order chi connectivity index (χ0) is 22.1. The van der Waals surface area contributed by atoms with E-state index in [2.05, 4.69) is 11.9 Å². The molecule has 0 aliphatic carbocycles. The number of amides is 1. The molecule has 1 amide bonds. The Balaban J connectivity index is 1.70. The number of pyridine rings is 1. The maximum atomic E-state index is 13.5. The van der Waals surface area contributed by atoms with Crippen molar-refractivity contribution < 1.29 is 13.9 Å². The van der Waals surface area contributed by atoms with E-state index in [0.29, 0.717) is 34.7 Å². The van der Waals surface area contributed by atoms with Crippen LogP contribution in [0.1, 0.15) is 47.5 Å². The van der Waals surface area contributed by atoms with Crippen molar-refractivity contribution in [2.75, 3.05) is 11.5 Å². The van der Waals surface area contributed by atoms with Crippen molar-refractivity contribution >= 4 is 22.7 Å². The van der Waals surface area contributed by atoms with Crippen molar-refractivity contribution in [1.29, 1.82) is 0 Å². The second-order valence-corrected chi connectivity index (χ2v) is 7.71. The number of hydrogen-bond acceptors (Lipinski definition) is 5. The first-order chi connectivity index (χ1) is 15.7. The number of fused-ring (bicyclic) bond motifs is 2. The van der Waals surface area contributed by atoms with Gasteiger partial charge >= 0.3 is 0 Å². The monoisotopic (exact) mass is 426 g/mol. The zero-order valence-electron chi connectivity index (χ0n) is 17.7. The summed E-state index contributed by atoms with van der Waals surface area (Å²) >= 11 is 0. The van der Waals surface area contributed by atoms with Crippen LogP contribution in [0.4, 0.5) is 5.82 Å². The molecule has 0 bridgehead atoms. The average molecular weight is 426 g/mol. The van der Waals surface area contributed by atoms with Crippen molar-refractivity contribution in [2.45, 2.75) is 25.8 Å². The average Bonchev–Trinajstić information content (AvgIpc) is 3.13. The molecule has 0 saturated heterocycles. The van der Waals surface area contributed by atoms with Crippen LogP contribution in [0.3, 0.4) is 0 Å². The Morgan fingerprint density at radius 2 is 1.88 bits per heavy atom. The van der Waals surface area contributed by atoms with Crippen LogP contribution >= 0.6 is 0 Å². The Morgan fingerprint density at radius 1 is 1.03 bits per heavy atom. The molecule has 4 aromatic rings. The molecule has 0 saturated carbocycles. The van der Waals surface area contributed by atoms with Crippen LogP contribution in [0.5, 0.6) is 5.75 Å². The SMILES string of the molecule is CCCCOc1cccc(C2c3c(oc4ccccc4c3=O)C(=O)N2c2ccccn2)c1. The number of benzene rings is 2. The van der Waals surface area contributed by atoms with Gasteiger partial charge < -0.3 is 9.15 Å². The van der Waals surface area contributed by atoms with E-state index in [0.717, 1.165) is 18.4 Å². The summed E-state index contributed by atoms with van der Waals surface area (Å²) in [5.74, 6) is 0.822. The molecule has 6 heteroatoms. The van der Waals surface area contributed by atoms with Gasteiger partial charge in [0.05, 0.1) is 23.6 Å². The molecule has 2 aromatic heterocycles. The lowest BCUT2D eigenvalue weighted by Crippen LogP contribution is -2.30. The molecule has 6 nitrogen and oxygen atoms in total. The first-order valence-electron chi connectivity index (χ1n) is 10.7. The molecule has 1 unspecified atom stereocenters. The Labute approximate surface area is 185 Å². The first-order valence-corrected chi connectivity index (χ1v) is 10.7. The van der Waals surface area contributed by atoms with Gasteiger partial charge in [-0.15, -0.1) is 0 Å². The number of aromatic nitrogens is 1. The minimum Gasteiger partial charge on any atom is -0.494 e. The number of rotatable bonds is 6. The van der Waals surface area contributed by atoms with Crippen LogP contribution in [0.2, 0.25) is 0 Å². The molecule has 1 aliphatic rings. The van der Waals surface area contributed by atoms with Gasteiger partial charge in [-0.1, -0.05) is 43.7 Å². The lowest BCUT2D eigenvalue weighted by Gasteiger charge is -2.24. The number of carbonyl (C=O) groups is 1. The van der Waals surface area contributed by atoms with E-state index in [-0.39, 0.29) is 17.1 Å². The van der Waals surface area contributed by atoms with Gasteiger partial charge in [0.2, 0.25) is 5.76 Å². The second kappa shape index (κ2) is 8.30. The summed E-state index contributed by atoms with van der Waals surface area (Å²) in [6.45, 7) is 2.71. The summed E-state index contributed by atoms with van der Waals surface area (Å²) in [5, 5.41) is 0.447. The number of para-hydroxylation sites is 1. The van der Waals surface area contributed by atoms with E-state index in [9.17, 15) is 9.59 Å². The minimum atomic E-state index is -0.664. The maximum absolute atomic E-state index is 13.5. The third kappa shape index (κ3) is 3.34. The number of nitrogens with zero attached hydrogens (tertiary/aromatic N) is 2. The highest BCUT2D eigenvalue weighted by atomic mass is 16.5. The van der Waals surface area contributed by atoms with Gasteiger partial charge in [-0.25, -0.2) is 4.98 Å². The number of hydrogen-bond donors (Lipinski definition) is 0. The van der Waals surface area contributed by atoms with Gasteiger partial charge in [0.25, 0.3) is 5.91 Å². The fourth-order valence-electron chi connectivity index (χ4n) is 4.08. The highest BCUT2D eigenvalue weighted by molar-refractivity contribution is 6.10. The molecule has 32 heavy (non-hydrogen) atoms. The zero-order valence-corrected chi connectivity index (χ0v) is 17.7. The summed E-state index contributed by atoms with van der Waals surface area (Å²) in [7, 11) is 0. The summed E-state index contributed by atoms with van der Waals surface area (Å²) in [6.07, 6.45) is 3.61. The van der Waals surface area contributed by atoms with E-state index in [1.54, 1.807) is 42.6 Å². The van der Waals surface area contributed by atoms with Crippen LogP contribution in [-0.4, -0.2) is 17.5 Å². The highest BCUT2D eigenvalue weighted by Gasteiger charge is 2.44. The standard InChI is InChI=1S/C26H22N2O4/c1-2-3-15-31-18-10-8-9-17(16-18)23-22-24(29)19-11-4-5-12-20(19)32-25(22)26(30)28(23)21-13-6-7-14-27-21/h4-14,16,23H,2-3,15H2,1H3. The van der Waals surface area contributed by atoms with E-state index in [1.165, 1.54) is 4.90 Å². The van der Waals surface area contributed by atoms with E-state index in [4.69, 9.17) is 9.15 Å². The molecule has 0 fully saturated rings. The normalized spacial score (nSPS) is 15.2. The molecule has 0 radical (unpaired) electrons. The quantitative estimate of drug-likeness (QED) is 0.400. The van der Waals surface area contributed by atoms with E-state index < -0.39 is 6.04 Å². The summed E-state index contributed by atoms with van der Waals surface area (Å²) in [6, 6.07) is 19.2. The van der Waals surface area contributed by atoms with Crippen molar-refractivity contribution in [1.82, 2.24) is 4.98 Å². The van der Waals surface area contributed by atoms with Crippen LogP contribution in [0.15, 0.2) is 82.1 Å². The first kappa shape index (κ1) is 20.0. The van der Waals surface area contributed by atoms with Crippen molar-refractivity contribution in [3.63, 3.8) is 0 Å². The van der Waals surface area contributed by atoms with Crippen LogP contribution < -0.4 is 15.1 Å². The van der Waals surface area contributed by atoms with Crippen molar-refractivity contribution in [2.24, 2.45) is 0 Å². The lowest BCUT2D eigenvalue weighted by molar-refractivity contribution is 0.0970. The number of carbonyl (C=O) groups excluding carboxylic acids is 1. The van der Waals surface area contributed by atoms with Gasteiger partial charge in [-0.3, -0.25) is 14.5 Å². The molecule has 0 spiro atoms. The maximum Gasteiger partial charge on any atom is 0.296 e. The molecular formula is C26H22N2O4. The number of ether oxygens (including phenoxy) is 1. The highest BCUT2D eigenvalue weighted by Crippen LogP contribution is 2.41. The second-order valence-electron chi connectivity index (χ2n) is 7.71. The van der Waals surface area contributed by atoms with Crippen LogP contribution in [0.25, 0.3) is 11.0 Å². The Bertz CT molecular complexity index is 1350. The molecule has 0 N–H and O–H groups in total. The van der Waals surface area contributed by atoms with E-state index in [1.807, 2.05) is 30.3 Å². The predicted octanol–water partition coefficient (Wildman–Crippen LogP) is 5.12. The van der Waals surface area contributed by atoms with Crippen LogP contribution in [-0.2, 0) is 0 Å². The number of unbranched alkanes of at least 4 members (excludes halogenated alkanes) is 1. The van der Waals surface area contributed by atoms with Crippen molar-refractivity contribution in [3.05, 3.63) is 100 Å². The minimum absolute atomic E-state index is 0.0571. The Morgan fingerprint density at radius 3 is 2.69 bits per heavy atom. The van der Waals surface area contributed by atoms with Gasteiger partial charge in [0.15, 0.2) is 5.43 Å². The third-order valence-corrected chi connectivity index (χ3v) is 5.61. The summed E-state index contributed by atoms with van der Waals surface area (Å²) in [5.41, 5.74) is 1.27. The fraction of sp³-hybridized carbons (Fsp3) is 0.192. The fourth-order valence-corrected chi connectivity index (χ4v) is 4.08. The molecule has 5 rings (SSSR count). The van der Waals surface area contributed by atoms with Crippen molar-refractivity contribution in [3.8, 4) is 5.75 Å². The van der Waals surface area contributed by atoms with E-state index >= 15 is 0 Å². The van der Waals surface area contributed by atoms with Crippen LogP contribution in [0, 0.1) is 0 Å². The summed E-state index contributed by atoms with van der Waals surface area (Å²) < 4.78 is 11.8. The van der Waals surface area contributed by atoms with Gasteiger partial charge in [0, 0.05) is 6.20 Å². The Hall–Kier alpha value is -3.93. The smallest absolute Gasteiger partial charge is 0.296 e. The van der Waals surface area contributed by atoms with Gasteiger partial charge in [-0.2, -0.15) is 0 Å². The summed E-state index contributed by atoms with van der Waals surface area (Å²) in [4.78, 5) is 32.9. The largest absolute Gasteiger partial charge is 0.494 e. The predicted molar refractivity (Wildman–Crippen MR) is 122 cm³/mol. The van der Waals surface area contributed by atoms with Gasteiger partial charge in [0.1, 0.15) is 17.2 Å². The molecule has 3 heterocycles. The molecular weight excluding hydrogens is 404 g/mol. The Kier molecular flexibility index (Phi) is 5.19. The molecule has 2 aromatic carbocycles. The lowest BCUT2D eigenvalue weighted by atomic mass is 9.98. The topological polar surface area (TPSA) is 72.6 Å². The number of anilines is 1. The molecule has 1 aliphatic heterocycles. The molecule has 1 atom stereocenters. The third-order valence-electron chi connectivity index (χ3n) is 5.61. The van der Waals surface area contributed by atoms with Gasteiger partial charge in [-0.05, 0) is 48.4 Å². The molecule has 160 valence electrons.